The van der Waals surface area contributed by atoms with Crippen molar-refractivity contribution in [1.29, 1.82) is 0 Å². The van der Waals surface area contributed by atoms with Gasteiger partial charge in [0.2, 0.25) is 5.91 Å². The molecule has 0 radical (unpaired) electrons. The second-order valence-corrected chi connectivity index (χ2v) is 6.21. The van der Waals surface area contributed by atoms with Crippen molar-refractivity contribution < 1.29 is 18.0 Å². The normalized spacial score (nSPS) is 12.9. The summed E-state index contributed by atoms with van der Waals surface area (Å²) >= 11 is 0. The van der Waals surface area contributed by atoms with Crippen molar-refractivity contribution in [2.45, 2.75) is 12.2 Å². The van der Waals surface area contributed by atoms with Gasteiger partial charge in [-0.2, -0.15) is 13.2 Å². The molecule has 3 aromatic rings. The molecule has 1 amide bonds. The Labute approximate surface area is 160 Å². The Bertz CT molecular complexity index is 978. The Kier molecular flexibility index (Phi) is 5.63. The molecule has 144 valence electrons. The quantitative estimate of drug-likeness (QED) is 0.664. The van der Waals surface area contributed by atoms with Crippen LogP contribution >= 0.6 is 0 Å². The first-order valence-corrected chi connectivity index (χ1v) is 8.52. The van der Waals surface area contributed by atoms with Crippen LogP contribution in [-0.4, -0.2) is 15.5 Å². The molecule has 0 spiro atoms. The van der Waals surface area contributed by atoms with Gasteiger partial charge in [-0.25, -0.2) is 4.98 Å². The largest absolute Gasteiger partial charge is 0.416 e. The Morgan fingerprint density at radius 2 is 1.89 bits per heavy atom. The average Bonchev–Trinajstić information content (AvgIpc) is 3.10. The third kappa shape index (κ3) is 4.68. The van der Waals surface area contributed by atoms with Gasteiger partial charge in [-0.1, -0.05) is 42.5 Å². The summed E-state index contributed by atoms with van der Waals surface area (Å²) in [4.78, 5) is 16.7. The van der Waals surface area contributed by atoms with Crippen molar-refractivity contribution in [3.05, 3.63) is 95.6 Å². The maximum atomic E-state index is 12.8. The fourth-order valence-corrected chi connectivity index (χ4v) is 2.78. The molecule has 28 heavy (non-hydrogen) atoms. The van der Waals surface area contributed by atoms with Gasteiger partial charge in [0.05, 0.1) is 5.56 Å². The molecule has 0 saturated carbocycles. The van der Waals surface area contributed by atoms with E-state index in [9.17, 15) is 18.0 Å². The lowest BCUT2D eigenvalue weighted by atomic mass is 10.1. The number of carbonyl (C=O) groups is 1. The number of alkyl halides is 3. The molecule has 4 nitrogen and oxygen atoms in total. The van der Waals surface area contributed by atoms with Gasteiger partial charge in [0.1, 0.15) is 11.9 Å². The van der Waals surface area contributed by atoms with Gasteiger partial charge in [0, 0.05) is 25.5 Å². The SMILES string of the molecule is Cn1ccnc1C(NC(=O)/C=C/c1cccc(C(F)(F)F)c1)c1ccccc1. The summed E-state index contributed by atoms with van der Waals surface area (Å²) in [6, 6.07) is 13.6. The molecule has 2 aromatic carbocycles. The van der Waals surface area contributed by atoms with Crippen LogP contribution in [0.2, 0.25) is 0 Å². The number of benzene rings is 2. The Morgan fingerprint density at radius 3 is 2.54 bits per heavy atom. The molecule has 1 unspecified atom stereocenters. The molecular formula is C21H18F3N3O. The molecule has 7 heteroatoms. The molecule has 1 N–H and O–H groups in total. The summed E-state index contributed by atoms with van der Waals surface area (Å²) in [5.74, 6) is 0.210. The third-order valence-corrected chi connectivity index (χ3v) is 4.18. The zero-order valence-corrected chi connectivity index (χ0v) is 15.0. The van der Waals surface area contributed by atoms with Crippen LogP contribution in [0.15, 0.2) is 73.1 Å². The van der Waals surface area contributed by atoms with Crippen molar-refractivity contribution in [3.8, 4) is 0 Å². The van der Waals surface area contributed by atoms with Gasteiger partial charge >= 0.3 is 6.18 Å². The lowest BCUT2D eigenvalue weighted by Crippen LogP contribution is -2.29. The van der Waals surface area contributed by atoms with Crippen molar-refractivity contribution in [2.75, 3.05) is 0 Å². The predicted molar refractivity (Wildman–Crippen MR) is 100 cm³/mol. The minimum absolute atomic E-state index is 0.290. The number of nitrogens with zero attached hydrogens (tertiary/aromatic N) is 2. The van der Waals surface area contributed by atoms with E-state index in [1.807, 2.05) is 37.4 Å². The van der Waals surface area contributed by atoms with E-state index in [4.69, 9.17) is 0 Å². The lowest BCUT2D eigenvalue weighted by molar-refractivity contribution is -0.137. The molecule has 0 aliphatic rings. The maximum Gasteiger partial charge on any atom is 0.416 e. The zero-order valence-electron chi connectivity index (χ0n) is 15.0. The number of halogens is 3. The number of rotatable bonds is 5. The van der Waals surface area contributed by atoms with Crippen LogP contribution in [0.25, 0.3) is 6.08 Å². The standard InChI is InChI=1S/C21H18F3N3O/c1-27-13-12-25-20(27)19(16-7-3-2-4-8-16)26-18(28)11-10-15-6-5-9-17(14-15)21(22,23)24/h2-14,19H,1H3,(H,26,28)/b11-10+. The first-order chi connectivity index (χ1) is 13.3. The van der Waals surface area contributed by atoms with Crippen LogP contribution in [0.1, 0.15) is 28.6 Å². The molecule has 1 heterocycles. The predicted octanol–water partition coefficient (Wildman–Crippen LogP) is 4.36. The fourth-order valence-electron chi connectivity index (χ4n) is 2.78. The highest BCUT2D eigenvalue weighted by Gasteiger charge is 2.30. The first kappa shape index (κ1) is 19.4. The van der Waals surface area contributed by atoms with E-state index in [-0.39, 0.29) is 0 Å². The Balaban J connectivity index is 1.80. The fraction of sp³-hybridized carbons (Fsp3) is 0.143. The van der Waals surface area contributed by atoms with Crippen LogP contribution in [-0.2, 0) is 18.0 Å². The molecule has 0 saturated heterocycles. The van der Waals surface area contributed by atoms with Crippen LogP contribution in [0.3, 0.4) is 0 Å². The summed E-state index contributed by atoms with van der Waals surface area (Å²) in [6.45, 7) is 0. The van der Waals surface area contributed by atoms with Crippen molar-refractivity contribution in [2.24, 2.45) is 7.05 Å². The van der Waals surface area contributed by atoms with Crippen molar-refractivity contribution in [3.63, 3.8) is 0 Å². The van der Waals surface area contributed by atoms with Crippen molar-refractivity contribution in [1.82, 2.24) is 14.9 Å². The minimum Gasteiger partial charge on any atom is -0.339 e. The second kappa shape index (κ2) is 8.12. The average molecular weight is 385 g/mol. The lowest BCUT2D eigenvalue weighted by Gasteiger charge is -2.18. The van der Waals surface area contributed by atoms with E-state index in [2.05, 4.69) is 10.3 Å². The number of hydrogen-bond donors (Lipinski definition) is 1. The topological polar surface area (TPSA) is 46.9 Å². The number of hydrogen-bond acceptors (Lipinski definition) is 2. The first-order valence-electron chi connectivity index (χ1n) is 8.52. The van der Waals surface area contributed by atoms with E-state index in [0.717, 1.165) is 17.7 Å². The number of carbonyl (C=O) groups excluding carboxylic acids is 1. The molecule has 0 aliphatic heterocycles. The van der Waals surface area contributed by atoms with Gasteiger partial charge in [0.15, 0.2) is 0 Å². The zero-order chi connectivity index (χ0) is 20.1. The molecule has 1 atom stereocenters. The van der Waals surface area contributed by atoms with E-state index >= 15 is 0 Å². The summed E-state index contributed by atoms with van der Waals surface area (Å²) in [5, 5.41) is 2.86. The summed E-state index contributed by atoms with van der Waals surface area (Å²) < 4.78 is 40.2. The Morgan fingerprint density at radius 1 is 1.14 bits per heavy atom. The van der Waals surface area contributed by atoms with E-state index in [1.54, 1.807) is 17.0 Å². The summed E-state index contributed by atoms with van der Waals surface area (Å²) in [7, 11) is 1.82. The molecule has 3 rings (SSSR count). The number of amides is 1. The highest BCUT2D eigenvalue weighted by Crippen LogP contribution is 2.29. The van der Waals surface area contributed by atoms with Gasteiger partial charge in [-0.05, 0) is 29.3 Å². The molecule has 0 aliphatic carbocycles. The van der Waals surface area contributed by atoms with Gasteiger partial charge in [0.25, 0.3) is 0 Å². The van der Waals surface area contributed by atoms with E-state index < -0.39 is 23.7 Å². The second-order valence-electron chi connectivity index (χ2n) is 6.21. The van der Waals surface area contributed by atoms with Crippen LogP contribution in [0.5, 0.6) is 0 Å². The molecule has 0 fully saturated rings. The summed E-state index contributed by atoms with van der Waals surface area (Å²) in [5.41, 5.74) is 0.376. The van der Waals surface area contributed by atoms with Gasteiger partial charge in [-0.3, -0.25) is 4.79 Å². The summed E-state index contributed by atoms with van der Waals surface area (Å²) in [6.07, 6.45) is 1.55. The highest BCUT2D eigenvalue weighted by atomic mass is 19.4. The minimum atomic E-state index is -4.43. The molecular weight excluding hydrogens is 367 g/mol. The van der Waals surface area contributed by atoms with Crippen molar-refractivity contribution >= 4 is 12.0 Å². The smallest absolute Gasteiger partial charge is 0.339 e. The maximum absolute atomic E-state index is 12.8. The van der Waals surface area contributed by atoms with E-state index in [0.29, 0.717) is 11.4 Å². The third-order valence-electron chi connectivity index (χ3n) is 4.18. The number of nitrogens with one attached hydrogen (secondary N) is 1. The van der Waals surface area contributed by atoms with Crippen LogP contribution < -0.4 is 5.32 Å². The van der Waals surface area contributed by atoms with E-state index in [1.165, 1.54) is 24.3 Å². The Hall–Kier alpha value is -3.35. The molecule has 1 aromatic heterocycles. The number of aryl methyl sites for hydroxylation is 1. The highest BCUT2D eigenvalue weighted by molar-refractivity contribution is 5.92. The number of imidazole rings is 1. The van der Waals surface area contributed by atoms with Gasteiger partial charge in [-0.15, -0.1) is 0 Å². The van der Waals surface area contributed by atoms with Gasteiger partial charge < -0.3 is 9.88 Å². The monoisotopic (exact) mass is 385 g/mol. The molecule has 0 bridgehead atoms. The van der Waals surface area contributed by atoms with Crippen LogP contribution in [0, 0.1) is 0 Å². The number of aromatic nitrogens is 2. The van der Waals surface area contributed by atoms with Crippen LogP contribution in [0.4, 0.5) is 13.2 Å².